The summed E-state index contributed by atoms with van der Waals surface area (Å²) in [5.74, 6) is -0.970. The molecule has 1 unspecified atom stereocenters. The first-order valence-electron chi connectivity index (χ1n) is 13.2. The van der Waals surface area contributed by atoms with Gasteiger partial charge in [0.05, 0.1) is 18.7 Å². The molecule has 2 aromatic carbocycles. The van der Waals surface area contributed by atoms with Crippen LogP contribution in [0.5, 0.6) is 0 Å². The van der Waals surface area contributed by atoms with E-state index in [0.29, 0.717) is 18.5 Å². The zero-order chi connectivity index (χ0) is 28.4. The molecule has 1 aromatic heterocycles. The summed E-state index contributed by atoms with van der Waals surface area (Å²) in [6, 6.07) is 12.6. The molecule has 1 aliphatic rings. The van der Waals surface area contributed by atoms with Crippen molar-refractivity contribution in [3.05, 3.63) is 77.9 Å². The van der Waals surface area contributed by atoms with Crippen molar-refractivity contribution in [3.8, 4) is 0 Å². The van der Waals surface area contributed by atoms with Gasteiger partial charge in [-0.3, -0.25) is 14.3 Å². The summed E-state index contributed by atoms with van der Waals surface area (Å²) in [4.78, 5) is 28.8. The second-order valence-electron chi connectivity index (χ2n) is 11.1. The Morgan fingerprint density at radius 3 is 2.38 bits per heavy atom. The number of alkyl halides is 1. The summed E-state index contributed by atoms with van der Waals surface area (Å²) < 4.78 is 35.7. The fraction of sp³-hybridized carbons (Fsp3) is 0.433. The number of hydrogen-bond acceptors (Lipinski definition) is 4. The highest BCUT2D eigenvalue weighted by atomic mass is 19.1. The maximum atomic E-state index is 15.3. The van der Waals surface area contributed by atoms with Crippen molar-refractivity contribution in [1.29, 1.82) is 0 Å². The molecule has 1 N–H and O–H groups in total. The minimum atomic E-state index is -1.68. The summed E-state index contributed by atoms with van der Waals surface area (Å²) in [5, 5.41) is 8.15. The molecule has 0 bridgehead atoms. The van der Waals surface area contributed by atoms with Crippen LogP contribution in [-0.4, -0.2) is 57.9 Å². The zero-order valence-electron chi connectivity index (χ0n) is 23.0. The Hall–Kier alpha value is -3.75. The van der Waals surface area contributed by atoms with Gasteiger partial charge in [-0.1, -0.05) is 57.7 Å². The van der Waals surface area contributed by atoms with Gasteiger partial charge in [-0.25, -0.2) is 8.78 Å². The van der Waals surface area contributed by atoms with Gasteiger partial charge in [0, 0.05) is 31.3 Å². The average Bonchev–Trinajstić information content (AvgIpc) is 3.26. The maximum Gasteiger partial charge on any atom is 0.273 e. The minimum Gasteiger partial charge on any atom is -0.495 e. The van der Waals surface area contributed by atoms with Crippen LogP contribution in [0.4, 0.5) is 8.78 Å². The highest BCUT2D eigenvalue weighted by molar-refractivity contribution is 6.06. The number of aromatic nitrogens is 2. The molecule has 1 saturated heterocycles. The lowest BCUT2D eigenvalue weighted by atomic mass is 9.84. The van der Waals surface area contributed by atoms with E-state index in [-0.39, 0.29) is 49.1 Å². The number of nitrogens with zero attached hydrogens (tertiary/aromatic N) is 3. The van der Waals surface area contributed by atoms with Crippen molar-refractivity contribution in [2.24, 2.45) is 5.41 Å². The van der Waals surface area contributed by atoms with Crippen LogP contribution in [0.3, 0.4) is 0 Å². The molecule has 0 aliphatic carbocycles. The predicted octanol–water partition coefficient (Wildman–Crippen LogP) is 5.25. The van der Waals surface area contributed by atoms with Crippen LogP contribution in [0.2, 0.25) is 0 Å². The topological polar surface area (TPSA) is 76.5 Å². The molecule has 0 spiro atoms. The Labute approximate surface area is 227 Å². The highest BCUT2D eigenvalue weighted by Crippen LogP contribution is 2.34. The van der Waals surface area contributed by atoms with Crippen molar-refractivity contribution in [1.82, 2.24) is 20.0 Å². The molecule has 1 aliphatic heterocycles. The number of piperidine rings is 1. The van der Waals surface area contributed by atoms with E-state index in [4.69, 9.17) is 4.74 Å². The second-order valence-corrected chi connectivity index (χ2v) is 11.1. The van der Waals surface area contributed by atoms with Crippen LogP contribution in [0.25, 0.3) is 10.9 Å². The molecule has 4 rings (SSSR count). The Kier molecular flexibility index (Phi) is 8.09. The number of fused-ring (bicyclic) bond motifs is 1. The van der Waals surface area contributed by atoms with Crippen molar-refractivity contribution in [2.45, 2.75) is 58.8 Å². The quantitative estimate of drug-likeness (QED) is 0.398. The Balaban J connectivity index is 1.54. The number of allylic oxidation sites excluding steroid dienone is 1. The molecule has 2 amide bonds. The number of carbonyl (C=O) groups is 2. The van der Waals surface area contributed by atoms with E-state index in [1.807, 2.05) is 45.0 Å². The first kappa shape index (κ1) is 28.3. The number of halogens is 2. The zero-order valence-corrected chi connectivity index (χ0v) is 23.0. The number of amides is 2. The lowest BCUT2D eigenvalue weighted by molar-refractivity contribution is -0.138. The lowest BCUT2D eigenvalue weighted by Gasteiger charge is -2.40. The van der Waals surface area contributed by atoms with Crippen LogP contribution >= 0.6 is 0 Å². The van der Waals surface area contributed by atoms with Gasteiger partial charge in [0.1, 0.15) is 17.6 Å². The van der Waals surface area contributed by atoms with E-state index >= 15 is 4.39 Å². The van der Waals surface area contributed by atoms with Crippen molar-refractivity contribution >= 4 is 22.7 Å². The van der Waals surface area contributed by atoms with Gasteiger partial charge in [0.25, 0.3) is 5.91 Å². The summed E-state index contributed by atoms with van der Waals surface area (Å²) >= 11 is 0. The first-order valence-corrected chi connectivity index (χ1v) is 13.2. The van der Waals surface area contributed by atoms with Crippen molar-refractivity contribution in [2.75, 3.05) is 19.7 Å². The van der Waals surface area contributed by atoms with E-state index in [0.717, 1.165) is 11.1 Å². The Morgan fingerprint density at radius 2 is 1.77 bits per heavy atom. The minimum absolute atomic E-state index is 0.0841. The molecule has 9 heteroatoms. The molecular formula is C30H36F2N4O3. The molecule has 0 radical (unpaired) electrons. The number of rotatable bonds is 8. The monoisotopic (exact) mass is 538 g/mol. The summed E-state index contributed by atoms with van der Waals surface area (Å²) in [6.07, 6.45) is 0.168. The van der Waals surface area contributed by atoms with Crippen LogP contribution in [-0.2, 0) is 16.1 Å². The Morgan fingerprint density at radius 1 is 1.13 bits per heavy atom. The van der Waals surface area contributed by atoms with Crippen LogP contribution in [0.15, 0.2) is 60.9 Å². The SMILES string of the molecule is C=C(OCC)C1(F)CCN(C(=O)C(NC(=O)c2nn(Cc3ccc(F)cc3)c3ccccc23)C(C)(C)C)CC1. The smallest absolute Gasteiger partial charge is 0.273 e. The largest absolute Gasteiger partial charge is 0.495 e. The third-order valence-electron chi connectivity index (χ3n) is 7.19. The van der Waals surface area contributed by atoms with Gasteiger partial charge >= 0.3 is 0 Å². The second kappa shape index (κ2) is 11.2. The van der Waals surface area contributed by atoms with Crippen LogP contribution in [0.1, 0.15) is 56.6 Å². The number of benzene rings is 2. The molecule has 3 aromatic rings. The normalized spacial score (nSPS) is 16.1. The molecule has 2 heterocycles. The van der Waals surface area contributed by atoms with E-state index in [1.54, 1.807) is 28.6 Å². The highest BCUT2D eigenvalue weighted by Gasteiger charge is 2.43. The van der Waals surface area contributed by atoms with Gasteiger partial charge in [0.15, 0.2) is 11.4 Å². The van der Waals surface area contributed by atoms with Gasteiger partial charge in [0.2, 0.25) is 5.91 Å². The first-order chi connectivity index (χ1) is 18.4. The van der Waals surface area contributed by atoms with E-state index < -0.39 is 23.0 Å². The average molecular weight is 539 g/mol. The summed E-state index contributed by atoms with van der Waals surface area (Å²) in [5.41, 5.74) is -0.512. The van der Waals surface area contributed by atoms with E-state index in [9.17, 15) is 14.0 Å². The number of ether oxygens (including phenoxy) is 1. The molecule has 1 atom stereocenters. The molecule has 39 heavy (non-hydrogen) atoms. The number of carbonyl (C=O) groups excluding carboxylic acids is 2. The third kappa shape index (κ3) is 6.13. The maximum absolute atomic E-state index is 15.3. The Bertz CT molecular complexity index is 1350. The number of likely N-dealkylation sites (tertiary alicyclic amines) is 1. The van der Waals surface area contributed by atoms with E-state index in [1.165, 1.54) is 12.1 Å². The fourth-order valence-electron chi connectivity index (χ4n) is 4.87. The summed E-state index contributed by atoms with van der Waals surface area (Å²) in [7, 11) is 0. The van der Waals surface area contributed by atoms with Gasteiger partial charge in [-0.2, -0.15) is 5.10 Å². The molecule has 1 fully saturated rings. The molecule has 7 nitrogen and oxygen atoms in total. The lowest BCUT2D eigenvalue weighted by Crippen LogP contribution is -2.57. The number of para-hydroxylation sites is 1. The van der Waals surface area contributed by atoms with Crippen LogP contribution < -0.4 is 5.32 Å². The molecular weight excluding hydrogens is 502 g/mol. The van der Waals surface area contributed by atoms with Crippen molar-refractivity contribution < 1.29 is 23.1 Å². The van der Waals surface area contributed by atoms with Gasteiger partial charge in [-0.05, 0) is 36.1 Å². The standard InChI is InChI=1S/C30H36F2N4O3/c1-6-39-20(2)30(32)15-17-35(18-16-30)28(38)26(29(3,4)5)33-27(37)25-23-9-7-8-10-24(23)36(34-25)19-21-11-13-22(31)14-12-21/h7-14,26H,2,6,15-19H2,1,3-5H3,(H,33,37). The van der Waals surface area contributed by atoms with Gasteiger partial charge in [-0.15, -0.1) is 0 Å². The fourth-order valence-corrected chi connectivity index (χ4v) is 4.87. The van der Waals surface area contributed by atoms with E-state index in [2.05, 4.69) is 17.0 Å². The number of hydrogen-bond donors (Lipinski definition) is 1. The van der Waals surface area contributed by atoms with Gasteiger partial charge < -0.3 is 15.0 Å². The van der Waals surface area contributed by atoms with Crippen LogP contribution in [0, 0.1) is 11.2 Å². The number of nitrogens with one attached hydrogen (secondary N) is 1. The van der Waals surface area contributed by atoms with Crippen molar-refractivity contribution in [3.63, 3.8) is 0 Å². The molecule has 0 saturated carbocycles. The summed E-state index contributed by atoms with van der Waals surface area (Å²) in [6.45, 7) is 12.2. The molecule has 208 valence electrons. The third-order valence-corrected chi connectivity index (χ3v) is 7.19. The predicted molar refractivity (Wildman–Crippen MR) is 146 cm³/mol.